The Labute approximate surface area is 152 Å². The molecule has 0 aliphatic rings. The molecule has 0 fully saturated rings. The lowest BCUT2D eigenvalue weighted by molar-refractivity contribution is -0.113. The second kappa shape index (κ2) is 7.24. The molecule has 1 N–H and O–H groups in total. The average Bonchev–Trinajstić information content (AvgIpc) is 3.15. The Balaban J connectivity index is 1.61. The SMILES string of the molecule is Cc1nc(NC(=O)CSc2nc3ccccc3o2)sc1C(=O)N(C)C. The first-order valence-corrected chi connectivity index (χ1v) is 9.21. The van der Waals surface area contributed by atoms with Crippen LogP contribution in [0, 0.1) is 6.92 Å². The number of hydrogen-bond acceptors (Lipinski definition) is 7. The zero-order chi connectivity index (χ0) is 18.0. The molecule has 7 nitrogen and oxygen atoms in total. The minimum absolute atomic E-state index is 0.128. The molecule has 0 saturated heterocycles. The van der Waals surface area contributed by atoms with Crippen molar-refractivity contribution >= 4 is 51.1 Å². The first-order valence-electron chi connectivity index (χ1n) is 7.41. The van der Waals surface area contributed by atoms with Gasteiger partial charge in [0.15, 0.2) is 10.7 Å². The number of carbonyl (C=O) groups is 2. The highest BCUT2D eigenvalue weighted by atomic mass is 32.2. The molecule has 9 heteroatoms. The fourth-order valence-corrected chi connectivity index (χ4v) is 3.69. The molecule has 0 spiro atoms. The number of thioether (sulfide) groups is 1. The summed E-state index contributed by atoms with van der Waals surface area (Å²) in [6, 6.07) is 7.42. The number of aromatic nitrogens is 2. The molecule has 2 aromatic heterocycles. The number of nitrogens with zero attached hydrogens (tertiary/aromatic N) is 3. The first kappa shape index (κ1) is 17.4. The number of thiazole rings is 1. The standard InChI is InChI=1S/C16H16N4O3S2/c1-9-13(14(22)20(2)3)25-15(17-9)19-12(21)8-24-16-18-10-6-4-5-7-11(10)23-16/h4-7H,8H2,1-3H3,(H,17,19,21). The molecule has 0 radical (unpaired) electrons. The zero-order valence-corrected chi connectivity index (χ0v) is 15.5. The van der Waals surface area contributed by atoms with E-state index in [0.717, 1.165) is 5.52 Å². The zero-order valence-electron chi connectivity index (χ0n) is 13.9. The number of para-hydroxylation sites is 2. The van der Waals surface area contributed by atoms with Gasteiger partial charge in [-0.1, -0.05) is 35.2 Å². The maximum atomic E-state index is 12.1. The maximum Gasteiger partial charge on any atom is 0.265 e. The lowest BCUT2D eigenvalue weighted by atomic mass is 10.3. The summed E-state index contributed by atoms with van der Waals surface area (Å²) in [7, 11) is 3.35. The summed E-state index contributed by atoms with van der Waals surface area (Å²) >= 11 is 2.37. The van der Waals surface area contributed by atoms with E-state index in [1.54, 1.807) is 21.0 Å². The quantitative estimate of drug-likeness (QED) is 0.689. The summed E-state index contributed by atoms with van der Waals surface area (Å²) in [5.41, 5.74) is 2.05. The van der Waals surface area contributed by atoms with E-state index in [-0.39, 0.29) is 17.6 Å². The van der Waals surface area contributed by atoms with Crippen LogP contribution in [0.3, 0.4) is 0 Å². The van der Waals surface area contributed by atoms with Crippen LogP contribution in [0.1, 0.15) is 15.4 Å². The van der Waals surface area contributed by atoms with Crippen LogP contribution >= 0.6 is 23.1 Å². The van der Waals surface area contributed by atoms with Crippen molar-refractivity contribution in [3.63, 3.8) is 0 Å². The Kier molecular flexibility index (Phi) is 5.05. The molecular formula is C16H16N4O3S2. The second-order valence-corrected chi connectivity index (χ2v) is 7.34. The highest BCUT2D eigenvalue weighted by Gasteiger charge is 2.18. The van der Waals surface area contributed by atoms with Gasteiger partial charge in [-0.15, -0.1) is 0 Å². The molecule has 1 aromatic carbocycles. The Morgan fingerprint density at radius 1 is 1.28 bits per heavy atom. The van der Waals surface area contributed by atoms with Crippen molar-refractivity contribution in [2.45, 2.75) is 12.1 Å². The molecule has 0 atom stereocenters. The third-order valence-corrected chi connectivity index (χ3v) is 5.13. The Morgan fingerprint density at radius 2 is 2.04 bits per heavy atom. The monoisotopic (exact) mass is 376 g/mol. The van der Waals surface area contributed by atoms with Gasteiger partial charge in [0.05, 0.1) is 11.4 Å². The summed E-state index contributed by atoms with van der Waals surface area (Å²) in [6.45, 7) is 1.75. The van der Waals surface area contributed by atoms with Crippen LogP contribution in [0.15, 0.2) is 33.9 Å². The van der Waals surface area contributed by atoms with Gasteiger partial charge in [-0.2, -0.15) is 0 Å². The number of amides is 2. The van der Waals surface area contributed by atoms with Crippen LogP contribution in [0.25, 0.3) is 11.1 Å². The van der Waals surface area contributed by atoms with E-state index in [1.807, 2.05) is 24.3 Å². The molecule has 0 aliphatic heterocycles. The van der Waals surface area contributed by atoms with Crippen LogP contribution in [0.5, 0.6) is 0 Å². The van der Waals surface area contributed by atoms with Crippen molar-refractivity contribution < 1.29 is 14.0 Å². The molecule has 3 aromatic rings. The lowest BCUT2D eigenvalue weighted by Crippen LogP contribution is -2.21. The fraction of sp³-hybridized carbons (Fsp3) is 0.250. The van der Waals surface area contributed by atoms with E-state index in [4.69, 9.17) is 4.42 Å². The summed E-state index contributed by atoms with van der Waals surface area (Å²) in [5.74, 6) is -0.219. The maximum absolute atomic E-state index is 12.1. The highest BCUT2D eigenvalue weighted by molar-refractivity contribution is 7.99. The summed E-state index contributed by atoms with van der Waals surface area (Å²) in [4.78, 5) is 34.7. The van der Waals surface area contributed by atoms with Crippen molar-refractivity contribution in [1.82, 2.24) is 14.9 Å². The molecule has 0 unspecified atom stereocenters. The fourth-order valence-electron chi connectivity index (χ4n) is 2.05. The van der Waals surface area contributed by atoms with Crippen LogP contribution in [-0.2, 0) is 4.79 Å². The highest BCUT2D eigenvalue weighted by Crippen LogP contribution is 2.25. The third kappa shape index (κ3) is 3.99. The number of nitrogens with one attached hydrogen (secondary N) is 1. The largest absolute Gasteiger partial charge is 0.431 e. The van der Waals surface area contributed by atoms with Gasteiger partial charge in [-0.3, -0.25) is 9.59 Å². The predicted octanol–water partition coefficient (Wildman–Crippen LogP) is 3.03. The minimum Gasteiger partial charge on any atom is -0.431 e. The van der Waals surface area contributed by atoms with Crippen LogP contribution < -0.4 is 5.32 Å². The number of benzene rings is 1. The molecule has 2 heterocycles. The normalized spacial score (nSPS) is 10.8. The number of rotatable bonds is 5. The van der Waals surface area contributed by atoms with E-state index >= 15 is 0 Å². The van der Waals surface area contributed by atoms with Gasteiger partial charge in [0, 0.05) is 14.1 Å². The van der Waals surface area contributed by atoms with Crippen LogP contribution in [0.4, 0.5) is 5.13 Å². The topological polar surface area (TPSA) is 88.3 Å². The van der Waals surface area contributed by atoms with Gasteiger partial charge >= 0.3 is 0 Å². The summed E-state index contributed by atoms with van der Waals surface area (Å²) < 4.78 is 5.56. The van der Waals surface area contributed by atoms with Crippen molar-refractivity contribution in [2.75, 3.05) is 25.2 Å². The van der Waals surface area contributed by atoms with E-state index < -0.39 is 0 Å². The van der Waals surface area contributed by atoms with E-state index in [2.05, 4.69) is 15.3 Å². The summed E-state index contributed by atoms with van der Waals surface area (Å²) in [6.07, 6.45) is 0. The molecular weight excluding hydrogens is 360 g/mol. The Morgan fingerprint density at radius 3 is 2.76 bits per heavy atom. The number of oxazole rings is 1. The first-order chi connectivity index (χ1) is 11.9. The van der Waals surface area contributed by atoms with Crippen LogP contribution in [0.2, 0.25) is 0 Å². The third-order valence-electron chi connectivity index (χ3n) is 3.24. The minimum atomic E-state index is -0.232. The molecule has 2 amide bonds. The molecule has 3 rings (SSSR count). The summed E-state index contributed by atoms with van der Waals surface area (Å²) in [5, 5.41) is 3.56. The second-order valence-electron chi connectivity index (χ2n) is 5.42. The predicted molar refractivity (Wildman–Crippen MR) is 98.2 cm³/mol. The van der Waals surface area contributed by atoms with Crippen molar-refractivity contribution in [1.29, 1.82) is 0 Å². The van der Waals surface area contributed by atoms with Gasteiger partial charge < -0.3 is 14.6 Å². The van der Waals surface area contributed by atoms with Gasteiger partial charge in [-0.25, -0.2) is 9.97 Å². The molecule has 0 aliphatic carbocycles. The molecule has 130 valence electrons. The Bertz CT molecular complexity index is 900. The van der Waals surface area contributed by atoms with E-state index in [1.165, 1.54) is 28.0 Å². The smallest absolute Gasteiger partial charge is 0.265 e. The van der Waals surface area contributed by atoms with Crippen molar-refractivity contribution in [2.24, 2.45) is 0 Å². The van der Waals surface area contributed by atoms with Gasteiger partial charge in [-0.05, 0) is 19.1 Å². The number of anilines is 1. The molecule has 0 bridgehead atoms. The molecule has 25 heavy (non-hydrogen) atoms. The number of aryl methyl sites for hydroxylation is 1. The van der Waals surface area contributed by atoms with Gasteiger partial charge in [0.1, 0.15) is 10.4 Å². The molecule has 0 saturated carbocycles. The van der Waals surface area contributed by atoms with Crippen molar-refractivity contribution in [3.8, 4) is 0 Å². The van der Waals surface area contributed by atoms with E-state index in [0.29, 0.717) is 26.5 Å². The number of fused-ring (bicyclic) bond motifs is 1. The van der Waals surface area contributed by atoms with Crippen LogP contribution in [-0.4, -0.2) is 46.5 Å². The van der Waals surface area contributed by atoms with Gasteiger partial charge in [0.2, 0.25) is 5.91 Å². The lowest BCUT2D eigenvalue weighted by Gasteiger charge is -2.07. The number of hydrogen-bond donors (Lipinski definition) is 1. The average molecular weight is 376 g/mol. The van der Waals surface area contributed by atoms with Crippen molar-refractivity contribution in [3.05, 3.63) is 34.8 Å². The van der Waals surface area contributed by atoms with E-state index in [9.17, 15) is 9.59 Å². The van der Waals surface area contributed by atoms with Gasteiger partial charge in [0.25, 0.3) is 11.1 Å². The Hall–Kier alpha value is -2.39. The number of carbonyl (C=O) groups excluding carboxylic acids is 2.